The molecule has 1 fully saturated rings. The van der Waals surface area contributed by atoms with Crippen LogP contribution >= 0.6 is 0 Å². The van der Waals surface area contributed by atoms with Gasteiger partial charge in [0.1, 0.15) is 0 Å². The number of aromatic nitrogens is 2. The van der Waals surface area contributed by atoms with Crippen LogP contribution in [-0.4, -0.2) is 59.5 Å². The number of benzene rings is 2. The van der Waals surface area contributed by atoms with Crippen LogP contribution in [0.25, 0.3) is 11.0 Å². The van der Waals surface area contributed by atoms with Crippen molar-refractivity contribution in [2.45, 2.75) is 19.8 Å². The Morgan fingerprint density at radius 2 is 1.55 bits per heavy atom. The Morgan fingerprint density at radius 3 is 2.23 bits per heavy atom. The van der Waals surface area contributed by atoms with Gasteiger partial charge in [0.15, 0.2) is 11.5 Å². The van der Waals surface area contributed by atoms with Crippen LogP contribution in [0.2, 0.25) is 0 Å². The Balaban J connectivity index is 1.45. The fourth-order valence-corrected chi connectivity index (χ4v) is 3.77. The maximum absolute atomic E-state index is 12.7. The first kappa shape index (κ1) is 20.8. The summed E-state index contributed by atoms with van der Waals surface area (Å²) in [5.74, 6) is 0.198. The number of hydrogen-bond acceptors (Lipinski definition) is 6. The third kappa shape index (κ3) is 4.82. The topological polar surface area (TPSA) is 75.6 Å². The molecular weight excluding hydrogens is 392 g/mol. The number of esters is 1. The highest BCUT2D eigenvalue weighted by molar-refractivity contribution is 5.95. The lowest BCUT2D eigenvalue weighted by molar-refractivity contribution is -0.131. The van der Waals surface area contributed by atoms with Crippen LogP contribution in [-0.2, 0) is 16.0 Å². The number of amides is 1. The molecule has 0 radical (unpaired) electrons. The maximum Gasteiger partial charge on any atom is 0.360 e. The highest BCUT2D eigenvalue weighted by Gasteiger charge is 2.27. The summed E-state index contributed by atoms with van der Waals surface area (Å²) in [4.78, 5) is 38.3. The van der Waals surface area contributed by atoms with Crippen molar-refractivity contribution in [3.05, 3.63) is 65.9 Å². The molecule has 0 aliphatic carbocycles. The summed E-state index contributed by atoms with van der Waals surface area (Å²) in [7, 11) is 0. The summed E-state index contributed by atoms with van der Waals surface area (Å²) in [6.07, 6.45) is 1.23. The first-order valence-electron chi connectivity index (χ1n) is 10.7. The number of piperazine rings is 1. The van der Waals surface area contributed by atoms with E-state index < -0.39 is 5.97 Å². The lowest BCUT2D eigenvalue weighted by Gasteiger charge is -2.36. The smallest absolute Gasteiger partial charge is 0.360 e. The first-order chi connectivity index (χ1) is 15.2. The van der Waals surface area contributed by atoms with Crippen molar-refractivity contribution in [3.63, 3.8) is 0 Å². The van der Waals surface area contributed by atoms with Gasteiger partial charge in [-0.05, 0) is 31.0 Å². The van der Waals surface area contributed by atoms with Crippen molar-refractivity contribution in [2.75, 3.05) is 37.7 Å². The summed E-state index contributed by atoms with van der Waals surface area (Å²) >= 11 is 0. The second kappa shape index (κ2) is 9.55. The van der Waals surface area contributed by atoms with Gasteiger partial charge in [0.05, 0.1) is 17.6 Å². The average Bonchev–Trinajstić information content (AvgIpc) is 2.82. The summed E-state index contributed by atoms with van der Waals surface area (Å²) in [5.41, 5.74) is 2.78. The van der Waals surface area contributed by atoms with Crippen LogP contribution in [0.15, 0.2) is 54.6 Å². The number of ether oxygens (including phenoxy) is 1. The minimum absolute atomic E-state index is 0.152. The van der Waals surface area contributed by atoms with Gasteiger partial charge >= 0.3 is 5.97 Å². The molecule has 1 aliphatic rings. The third-order valence-electron chi connectivity index (χ3n) is 5.42. The van der Waals surface area contributed by atoms with Crippen molar-refractivity contribution in [3.8, 4) is 0 Å². The summed E-state index contributed by atoms with van der Waals surface area (Å²) in [5, 5.41) is 0. The van der Waals surface area contributed by atoms with E-state index in [0.29, 0.717) is 43.9 Å². The Kier molecular flexibility index (Phi) is 6.40. The molecular formula is C24H26N4O3. The molecule has 1 saturated heterocycles. The number of fused-ring (bicyclic) bond motifs is 1. The van der Waals surface area contributed by atoms with Gasteiger partial charge < -0.3 is 14.5 Å². The van der Waals surface area contributed by atoms with Gasteiger partial charge in [-0.25, -0.2) is 14.8 Å². The molecule has 31 heavy (non-hydrogen) atoms. The number of hydrogen-bond donors (Lipinski definition) is 0. The van der Waals surface area contributed by atoms with Gasteiger partial charge in [-0.2, -0.15) is 0 Å². The molecule has 0 saturated carbocycles. The van der Waals surface area contributed by atoms with Gasteiger partial charge in [-0.15, -0.1) is 0 Å². The van der Waals surface area contributed by atoms with Crippen LogP contribution in [0.4, 0.5) is 5.82 Å². The lowest BCUT2D eigenvalue weighted by atomic mass is 10.1. The Labute approximate surface area is 181 Å². The highest BCUT2D eigenvalue weighted by Crippen LogP contribution is 2.23. The summed E-state index contributed by atoms with van der Waals surface area (Å²) in [6, 6.07) is 17.5. The van der Waals surface area contributed by atoms with Gasteiger partial charge in [0.25, 0.3) is 0 Å². The molecule has 2 aromatic carbocycles. The zero-order valence-corrected chi connectivity index (χ0v) is 17.7. The largest absolute Gasteiger partial charge is 0.461 e. The van der Waals surface area contributed by atoms with E-state index in [1.165, 1.54) is 5.56 Å². The normalized spacial score (nSPS) is 14.0. The lowest BCUT2D eigenvalue weighted by Crippen LogP contribution is -2.49. The highest BCUT2D eigenvalue weighted by atomic mass is 16.5. The van der Waals surface area contributed by atoms with E-state index in [2.05, 4.69) is 4.98 Å². The zero-order valence-electron chi connectivity index (χ0n) is 17.7. The van der Waals surface area contributed by atoms with E-state index in [4.69, 9.17) is 9.72 Å². The first-order valence-corrected chi connectivity index (χ1v) is 10.7. The van der Waals surface area contributed by atoms with Crippen LogP contribution in [0, 0.1) is 0 Å². The van der Waals surface area contributed by atoms with Crippen molar-refractivity contribution < 1.29 is 14.3 Å². The summed E-state index contributed by atoms with van der Waals surface area (Å²) in [6.45, 7) is 4.41. The predicted octanol–water partition coefficient (Wildman–Crippen LogP) is 3.09. The number of rotatable bonds is 6. The zero-order chi connectivity index (χ0) is 21.6. The second-order valence-corrected chi connectivity index (χ2v) is 7.46. The van der Waals surface area contributed by atoms with Gasteiger partial charge in [-0.1, -0.05) is 42.5 Å². The second-order valence-electron chi connectivity index (χ2n) is 7.46. The molecule has 0 atom stereocenters. The molecule has 1 amide bonds. The fraction of sp³-hybridized carbons (Fsp3) is 0.333. The average molecular weight is 418 g/mol. The van der Waals surface area contributed by atoms with E-state index in [1.807, 2.05) is 64.4 Å². The monoisotopic (exact) mass is 418 g/mol. The van der Waals surface area contributed by atoms with Gasteiger partial charge in [-0.3, -0.25) is 4.79 Å². The Bertz CT molecular complexity index is 1060. The summed E-state index contributed by atoms with van der Waals surface area (Å²) < 4.78 is 5.21. The quantitative estimate of drug-likeness (QED) is 0.573. The molecule has 0 spiro atoms. The standard InChI is InChI=1S/C24H26N4O3/c1-2-31-24(30)22-23(26-20-11-7-6-10-19(20)25-22)28-16-14-27(15-17-28)21(29)13-12-18-8-4-3-5-9-18/h3-11H,2,12-17H2,1H3. The Hall–Kier alpha value is -3.48. The third-order valence-corrected chi connectivity index (χ3v) is 5.42. The van der Waals surface area contributed by atoms with E-state index in [9.17, 15) is 9.59 Å². The number of aryl methyl sites for hydroxylation is 1. The van der Waals surface area contributed by atoms with Crippen LogP contribution < -0.4 is 4.90 Å². The van der Waals surface area contributed by atoms with Crippen molar-refractivity contribution in [2.24, 2.45) is 0 Å². The van der Waals surface area contributed by atoms with Crippen LogP contribution in [0.3, 0.4) is 0 Å². The maximum atomic E-state index is 12.7. The molecule has 1 aliphatic heterocycles. The molecule has 7 nitrogen and oxygen atoms in total. The Morgan fingerprint density at radius 1 is 0.903 bits per heavy atom. The number of anilines is 1. The molecule has 2 heterocycles. The number of carbonyl (C=O) groups excluding carboxylic acids is 2. The van der Waals surface area contributed by atoms with E-state index >= 15 is 0 Å². The van der Waals surface area contributed by atoms with E-state index in [0.717, 1.165) is 11.9 Å². The van der Waals surface area contributed by atoms with Crippen LogP contribution in [0.5, 0.6) is 0 Å². The molecule has 0 N–H and O–H groups in total. The number of nitrogens with zero attached hydrogens (tertiary/aromatic N) is 4. The van der Waals surface area contributed by atoms with Gasteiger partial charge in [0, 0.05) is 32.6 Å². The van der Waals surface area contributed by atoms with Crippen molar-refractivity contribution >= 4 is 28.7 Å². The SMILES string of the molecule is CCOC(=O)c1nc2ccccc2nc1N1CCN(C(=O)CCc2ccccc2)CC1. The molecule has 7 heteroatoms. The molecule has 4 rings (SSSR count). The van der Waals surface area contributed by atoms with E-state index in [1.54, 1.807) is 6.92 Å². The molecule has 0 bridgehead atoms. The van der Waals surface area contributed by atoms with Crippen molar-refractivity contribution in [1.82, 2.24) is 14.9 Å². The molecule has 3 aromatic rings. The molecule has 1 aromatic heterocycles. The molecule has 0 unspecified atom stereocenters. The van der Waals surface area contributed by atoms with Crippen molar-refractivity contribution in [1.29, 1.82) is 0 Å². The van der Waals surface area contributed by atoms with E-state index in [-0.39, 0.29) is 18.2 Å². The fourth-order valence-electron chi connectivity index (χ4n) is 3.77. The van der Waals surface area contributed by atoms with Crippen LogP contribution in [0.1, 0.15) is 29.4 Å². The number of carbonyl (C=O) groups is 2. The minimum Gasteiger partial charge on any atom is -0.461 e. The predicted molar refractivity (Wildman–Crippen MR) is 119 cm³/mol. The van der Waals surface area contributed by atoms with Gasteiger partial charge in [0.2, 0.25) is 5.91 Å². The number of para-hydroxylation sites is 2. The minimum atomic E-state index is -0.475. The molecule has 160 valence electrons.